The number of ether oxygens (including phenoxy) is 1. The number of aryl methyl sites for hydroxylation is 2. The molecule has 0 saturated carbocycles. The summed E-state index contributed by atoms with van der Waals surface area (Å²) in [5, 5.41) is 0.252. The van der Waals surface area contributed by atoms with Gasteiger partial charge in [-0.15, -0.1) is 0 Å². The third kappa shape index (κ3) is 4.74. The quantitative estimate of drug-likeness (QED) is 0.375. The molecule has 0 radical (unpaired) electrons. The first kappa shape index (κ1) is 18.0. The predicted octanol–water partition coefficient (Wildman–Crippen LogP) is 5.31. The smallest absolute Gasteiger partial charge is 0.192 e. The molecule has 0 aliphatic rings. The SMILES string of the molecule is Cc1cc(I)cc(C)c1OCCO[Si](C)(C)C(C)(C)C. The molecule has 1 aromatic rings. The van der Waals surface area contributed by atoms with Crippen molar-refractivity contribution in [3.63, 3.8) is 0 Å². The van der Waals surface area contributed by atoms with Crippen LogP contribution in [0, 0.1) is 17.4 Å². The van der Waals surface area contributed by atoms with E-state index in [0.717, 1.165) is 5.75 Å². The minimum Gasteiger partial charge on any atom is -0.491 e. The van der Waals surface area contributed by atoms with Gasteiger partial charge in [-0.3, -0.25) is 0 Å². The van der Waals surface area contributed by atoms with Gasteiger partial charge in [0.15, 0.2) is 8.32 Å². The van der Waals surface area contributed by atoms with Gasteiger partial charge in [-0.25, -0.2) is 0 Å². The molecule has 2 nitrogen and oxygen atoms in total. The standard InChI is InChI=1S/C16H27IO2Si/c1-12-10-14(17)11-13(2)15(12)18-8-9-19-20(6,7)16(3,4)5/h10-11H,8-9H2,1-7H3. The zero-order valence-corrected chi connectivity index (χ0v) is 16.9. The van der Waals surface area contributed by atoms with Crippen LogP contribution in [0.3, 0.4) is 0 Å². The molecule has 0 aromatic heterocycles. The van der Waals surface area contributed by atoms with Crippen LogP contribution in [0.1, 0.15) is 31.9 Å². The van der Waals surface area contributed by atoms with Gasteiger partial charge in [0.25, 0.3) is 0 Å². The van der Waals surface area contributed by atoms with Crippen molar-refractivity contribution in [1.82, 2.24) is 0 Å². The van der Waals surface area contributed by atoms with E-state index in [1.165, 1.54) is 14.7 Å². The van der Waals surface area contributed by atoms with Gasteiger partial charge < -0.3 is 9.16 Å². The molecule has 0 aliphatic carbocycles. The highest BCUT2D eigenvalue weighted by molar-refractivity contribution is 14.1. The molecule has 0 unspecified atom stereocenters. The van der Waals surface area contributed by atoms with Gasteiger partial charge in [-0.05, 0) is 77.8 Å². The highest BCUT2D eigenvalue weighted by atomic mass is 127. The molecule has 0 spiro atoms. The molecule has 0 N–H and O–H groups in total. The Bertz CT molecular complexity index is 441. The summed E-state index contributed by atoms with van der Waals surface area (Å²) in [6.07, 6.45) is 0. The summed E-state index contributed by atoms with van der Waals surface area (Å²) in [6.45, 7) is 16.8. The molecule has 1 aromatic carbocycles. The number of benzene rings is 1. The first-order chi connectivity index (χ1) is 9.04. The Morgan fingerprint density at radius 2 is 1.55 bits per heavy atom. The van der Waals surface area contributed by atoms with E-state index in [4.69, 9.17) is 9.16 Å². The Morgan fingerprint density at radius 3 is 2.00 bits per heavy atom. The maximum absolute atomic E-state index is 6.13. The van der Waals surface area contributed by atoms with Crippen molar-refractivity contribution in [1.29, 1.82) is 0 Å². The third-order valence-corrected chi connectivity index (χ3v) is 9.18. The van der Waals surface area contributed by atoms with Crippen LogP contribution in [0.5, 0.6) is 5.75 Å². The second-order valence-electron chi connectivity index (χ2n) is 6.83. The van der Waals surface area contributed by atoms with Crippen LogP contribution in [-0.4, -0.2) is 21.5 Å². The fourth-order valence-electron chi connectivity index (χ4n) is 1.78. The van der Waals surface area contributed by atoms with Crippen molar-refractivity contribution in [2.45, 2.75) is 52.8 Å². The molecule has 114 valence electrons. The third-order valence-electron chi connectivity index (χ3n) is 4.02. The average Bonchev–Trinajstić information content (AvgIpc) is 2.24. The maximum atomic E-state index is 6.13. The van der Waals surface area contributed by atoms with E-state index in [0.29, 0.717) is 13.2 Å². The molecule has 1 rings (SSSR count). The molecular weight excluding hydrogens is 379 g/mol. The summed E-state index contributed by atoms with van der Waals surface area (Å²) >= 11 is 2.34. The molecule has 0 aliphatic heterocycles. The lowest BCUT2D eigenvalue weighted by molar-refractivity contribution is 0.202. The van der Waals surface area contributed by atoms with Crippen LogP contribution in [-0.2, 0) is 4.43 Å². The lowest BCUT2D eigenvalue weighted by Gasteiger charge is -2.36. The fourth-order valence-corrected chi connectivity index (χ4v) is 3.74. The average molecular weight is 406 g/mol. The van der Waals surface area contributed by atoms with Crippen molar-refractivity contribution in [3.8, 4) is 5.75 Å². The molecule has 0 amide bonds. The number of halogens is 1. The van der Waals surface area contributed by atoms with Crippen molar-refractivity contribution in [2.75, 3.05) is 13.2 Å². The van der Waals surface area contributed by atoms with Crippen LogP contribution in [0.2, 0.25) is 18.1 Å². The Labute approximate surface area is 138 Å². The Hall–Kier alpha value is -0.0731. The Kier molecular flexibility index (Phi) is 6.10. The van der Waals surface area contributed by atoms with Gasteiger partial charge in [0.1, 0.15) is 12.4 Å². The van der Waals surface area contributed by atoms with Crippen LogP contribution in [0.4, 0.5) is 0 Å². The summed E-state index contributed by atoms with van der Waals surface area (Å²) in [4.78, 5) is 0. The molecule has 20 heavy (non-hydrogen) atoms. The largest absolute Gasteiger partial charge is 0.491 e. The normalized spacial score (nSPS) is 12.6. The van der Waals surface area contributed by atoms with Gasteiger partial charge in [0.2, 0.25) is 0 Å². The Balaban J connectivity index is 2.55. The van der Waals surface area contributed by atoms with E-state index in [-0.39, 0.29) is 5.04 Å². The van der Waals surface area contributed by atoms with E-state index in [9.17, 15) is 0 Å². The topological polar surface area (TPSA) is 18.5 Å². The minimum atomic E-state index is -1.66. The van der Waals surface area contributed by atoms with E-state index in [2.05, 4.69) is 82.4 Å². The van der Waals surface area contributed by atoms with Gasteiger partial charge in [-0.1, -0.05) is 20.8 Å². The Morgan fingerprint density at radius 1 is 1.05 bits per heavy atom. The molecule has 0 atom stereocenters. The fraction of sp³-hybridized carbons (Fsp3) is 0.625. The molecule has 0 bridgehead atoms. The second kappa shape index (κ2) is 6.79. The molecule has 0 saturated heterocycles. The summed E-state index contributed by atoms with van der Waals surface area (Å²) in [5.74, 6) is 1.00. The summed E-state index contributed by atoms with van der Waals surface area (Å²) in [5.41, 5.74) is 2.39. The highest BCUT2D eigenvalue weighted by Crippen LogP contribution is 2.36. The molecule has 0 heterocycles. The van der Waals surface area contributed by atoms with Crippen molar-refractivity contribution >= 4 is 30.9 Å². The van der Waals surface area contributed by atoms with Crippen LogP contribution >= 0.6 is 22.6 Å². The van der Waals surface area contributed by atoms with Crippen LogP contribution in [0.25, 0.3) is 0 Å². The van der Waals surface area contributed by atoms with E-state index >= 15 is 0 Å². The maximum Gasteiger partial charge on any atom is 0.192 e. The number of hydrogen-bond acceptors (Lipinski definition) is 2. The van der Waals surface area contributed by atoms with Crippen molar-refractivity contribution in [2.24, 2.45) is 0 Å². The lowest BCUT2D eigenvalue weighted by atomic mass is 10.1. The zero-order valence-electron chi connectivity index (χ0n) is 13.8. The summed E-state index contributed by atoms with van der Waals surface area (Å²) < 4.78 is 13.3. The molecular formula is C16H27IO2Si. The molecule has 0 fully saturated rings. The van der Waals surface area contributed by atoms with E-state index < -0.39 is 8.32 Å². The number of rotatable bonds is 5. The van der Waals surface area contributed by atoms with Gasteiger partial charge in [0.05, 0.1) is 6.61 Å². The summed E-state index contributed by atoms with van der Waals surface area (Å²) in [6, 6.07) is 4.30. The minimum absolute atomic E-state index is 0.252. The summed E-state index contributed by atoms with van der Waals surface area (Å²) in [7, 11) is -1.66. The van der Waals surface area contributed by atoms with Gasteiger partial charge in [0, 0.05) is 3.57 Å². The van der Waals surface area contributed by atoms with Gasteiger partial charge >= 0.3 is 0 Å². The van der Waals surface area contributed by atoms with Crippen LogP contribution in [0.15, 0.2) is 12.1 Å². The van der Waals surface area contributed by atoms with E-state index in [1.54, 1.807) is 0 Å². The van der Waals surface area contributed by atoms with E-state index in [1.807, 2.05) is 0 Å². The number of hydrogen-bond donors (Lipinski definition) is 0. The lowest BCUT2D eigenvalue weighted by Crippen LogP contribution is -2.41. The first-order valence-corrected chi connectivity index (χ1v) is 11.1. The monoisotopic (exact) mass is 406 g/mol. The van der Waals surface area contributed by atoms with Crippen molar-refractivity contribution in [3.05, 3.63) is 26.8 Å². The van der Waals surface area contributed by atoms with Gasteiger partial charge in [-0.2, -0.15) is 0 Å². The second-order valence-corrected chi connectivity index (χ2v) is 12.9. The molecule has 4 heteroatoms. The predicted molar refractivity (Wildman–Crippen MR) is 97.3 cm³/mol. The zero-order chi connectivity index (χ0) is 15.6. The van der Waals surface area contributed by atoms with Crippen molar-refractivity contribution < 1.29 is 9.16 Å². The highest BCUT2D eigenvalue weighted by Gasteiger charge is 2.36. The first-order valence-electron chi connectivity index (χ1n) is 7.08. The van der Waals surface area contributed by atoms with Crippen LogP contribution < -0.4 is 4.74 Å².